The molecule has 33 heavy (non-hydrogen) atoms. The third-order valence-corrected chi connectivity index (χ3v) is 10.2. The maximum absolute atomic E-state index is 14.0. The Balaban J connectivity index is 1.79. The van der Waals surface area contributed by atoms with E-state index in [0.717, 1.165) is 12.8 Å². The van der Waals surface area contributed by atoms with Gasteiger partial charge < -0.3 is 20.6 Å². The molecule has 0 saturated carbocycles. The molecule has 2 unspecified atom stereocenters. The zero-order valence-corrected chi connectivity index (χ0v) is 21.0. The summed E-state index contributed by atoms with van der Waals surface area (Å²) in [7, 11) is 1.59. The van der Waals surface area contributed by atoms with Crippen molar-refractivity contribution in [3.05, 3.63) is 29.3 Å². The van der Waals surface area contributed by atoms with Crippen LogP contribution in [-0.2, 0) is 14.4 Å². The second kappa shape index (κ2) is 8.78. The van der Waals surface area contributed by atoms with Crippen molar-refractivity contribution in [2.45, 2.75) is 61.6 Å². The molecule has 1 spiro atoms. The van der Waals surface area contributed by atoms with Crippen LogP contribution in [0.1, 0.15) is 40.0 Å². The molecule has 3 aliphatic rings. The number of aliphatic hydroxyl groups excluding tert-OH is 1. The number of carbonyl (C=O) groups is 3. The lowest BCUT2D eigenvalue weighted by atomic mass is 9.66. The van der Waals surface area contributed by atoms with E-state index >= 15 is 0 Å². The minimum atomic E-state index is -0.779. The third-order valence-electron chi connectivity index (χ3n) is 7.95. The summed E-state index contributed by atoms with van der Waals surface area (Å²) in [5.41, 5.74) is 0.590. The van der Waals surface area contributed by atoms with Gasteiger partial charge in [-0.1, -0.05) is 31.9 Å². The number of rotatable bonds is 7. The lowest BCUT2D eigenvalue weighted by Crippen LogP contribution is -2.56. The number of halogens is 1. The van der Waals surface area contributed by atoms with Gasteiger partial charge in [0.15, 0.2) is 0 Å². The Morgan fingerprint density at radius 2 is 1.94 bits per heavy atom. The van der Waals surface area contributed by atoms with Crippen molar-refractivity contribution in [2.24, 2.45) is 17.8 Å². The Kier molecular flexibility index (Phi) is 6.48. The molecular weight excluding hydrogens is 462 g/mol. The quantitative estimate of drug-likeness (QED) is 0.542. The lowest BCUT2D eigenvalue weighted by Gasteiger charge is -2.39. The van der Waals surface area contributed by atoms with Gasteiger partial charge >= 0.3 is 0 Å². The van der Waals surface area contributed by atoms with Crippen LogP contribution in [0.4, 0.5) is 5.69 Å². The van der Waals surface area contributed by atoms with E-state index in [-0.39, 0.29) is 30.2 Å². The standard InChI is InChI=1S/C24H32ClN3O4S/c1-5-13(2)16(12-29)28-19(21(31)27-15-8-6-14(25)7-9-15)24-11-10-23(3,33-24)17(20(30)26-4)18(24)22(28)32/h6-9,13,16-19,29H,5,10-12H2,1-4H3,(H,26,30)(H,27,31)/t13-,16-,17+,18-,19?,23-,24?/m0/s1. The van der Waals surface area contributed by atoms with Crippen molar-refractivity contribution in [1.82, 2.24) is 10.2 Å². The molecule has 180 valence electrons. The predicted octanol–water partition coefficient (Wildman–Crippen LogP) is 2.91. The SMILES string of the molecule is CC[C@H](C)[C@H](CO)N1C(=O)[C@@H]2[C@H](C(=O)NC)[C@]3(C)CCC2(S3)C1C(=O)Nc1ccc(Cl)cc1. The minimum absolute atomic E-state index is 0.00348. The number of nitrogens with one attached hydrogen (secondary N) is 2. The summed E-state index contributed by atoms with van der Waals surface area (Å²) >= 11 is 7.61. The Labute approximate surface area is 204 Å². The van der Waals surface area contributed by atoms with Crippen LogP contribution < -0.4 is 10.6 Å². The van der Waals surface area contributed by atoms with Gasteiger partial charge in [-0.2, -0.15) is 0 Å². The van der Waals surface area contributed by atoms with Crippen LogP contribution in [0.5, 0.6) is 0 Å². The number of hydrogen-bond donors (Lipinski definition) is 3. The van der Waals surface area contributed by atoms with Crippen LogP contribution in [0.2, 0.25) is 5.02 Å². The van der Waals surface area contributed by atoms with Gasteiger partial charge in [0.25, 0.3) is 0 Å². The van der Waals surface area contributed by atoms with E-state index in [1.165, 1.54) is 0 Å². The van der Waals surface area contributed by atoms with E-state index in [9.17, 15) is 19.5 Å². The highest BCUT2D eigenvalue weighted by Crippen LogP contribution is 2.71. The van der Waals surface area contributed by atoms with Gasteiger partial charge in [0.05, 0.1) is 29.2 Å². The van der Waals surface area contributed by atoms with Gasteiger partial charge in [0, 0.05) is 22.5 Å². The van der Waals surface area contributed by atoms with E-state index in [0.29, 0.717) is 17.1 Å². The largest absolute Gasteiger partial charge is 0.394 e. The Hall–Kier alpha value is -1.77. The van der Waals surface area contributed by atoms with E-state index in [2.05, 4.69) is 10.6 Å². The third kappa shape index (κ3) is 3.65. The molecule has 3 heterocycles. The molecule has 7 atom stereocenters. The molecule has 2 bridgehead atoms. The van der Waals surface area contributed by atoms with Crippen LogP contribution in [0, 0.1) is 17.8 Å². The minimum Gasteiger partial charge on any atom is -0.394 e. The molecule has 7 nitrogen and oxygen atoms in total. The molecule has 0 aromatic heterocycles. The van der Waals surface area contributed by atoms with Crippen LogP contribution >= 0.6 is 23.4 Å². The van der Waals surface area contributed by atoms with E-state index < -0.39 is 33.4 Å². The average molecular weight is 494 g/mol. The normalized spacial score (nSPS) is 34.2. The molecule has 3 amide bonds. The van der Waals surface area contributed by atoms with Gasteiger partial charge in [-0.05, 0) is 49.9 Å². The van der Waals surface area contributed by atoms with Crippen molar-refractivity contribution < 1.29 is 19.5 Å². The van der Waals surface area contributed by atoms with Gasteiger partial charge in [-0.3, -0.25) is 14.4 Å². The Morgan fingerprint density at radius 1 is 1.27 bits per heavy atom. The molecular formula is C24H32ClN3O4S. The number of thioether (sulfide) groups is 1. The highest BCUT2D eigenvalue weighted by molar-refractivity contribution is 8.02. The number of anilines is 1. The van der Waals surface area contributed by atoms with E-state index in [1.807, 2.05) is 20.8 Å². The van der Waals surface area contributed by atoms with E-state index in [1.54, 1.807) is 48.0 Å². The fourth-order valence-electron chi connectivity index (χ4n) is 6.14. The molecule has 3 saturated heterocycles. The summed E-state index contributed by atoms with van der Waals surface area (Å²) in [6.07, 6.45) is 2.18. The molecule has 9 heteroatoms. The van der Waals surface area contributed by atoms with Crippen molar-refractivity contribution in [2.75, 3.05) is 19.0 Å². The first kappa shape index (κ1) is 24.4. The second-order valence-electron chi connectivity index (χ2n) is 9.72. The first-order valence-electron chi connectivity index (χ1n) is 11.5. The van der Waals surface area contributed by atoms with Crippen molar-refractivity contribution in [3.8, 4) is 0 Å². The number of nitrogens with zero attached hydrogens (tertiary/aromatic N) is 1. The summed E-state index contributed by atoms with van der Waals surface area (Å²) in [6, 6.07) is 5.57. The highest BCUT2D eigenvalue weighted by Gasteiger charge is 2.77. The summed E-state index contributed by atoms with van der Waals surface area (Å²) in [5, 5.41) is 16.6. The van der Waals surface area contributed by atoms with Gasteiger partial charge in [-0.25, -0.2) is 0 Å². The predicted molar refractivity (Wildman–Crippen MR) is 130 cm³/mol. The van der Waals surface area contributed by atoms with Crippen LogP contribution in [-0.4, -0.2) is 63.0 Å². The summed E-state index contributed by atoms with van der Waals surface area (Å²) in [4.78, 5) is 42.4. The second-order valence-corrected chi connectivity index (χ2v) is 12.1. The first-order chi connectivity index (χ1) is 15.6. The zero-order valence-electron chi connectivity index (χ0n) is 19.4. The maximum Gasteiger partial charge on any atom is 0.248 e. The Bertz CT molecular complexity index is 960. The van der Waals surface area contributed by atoms with Crippen LogP contribution in [0.25, 0.3) is 0 Å². The number of likely N-dealkylation sites (tertiary alicyclic amines) is 1. The summed E-state index contributed by atoms with van der Waals surface area (Å²) < 4.78 is -1.11. The van der Waals surface area contributed by atoms with Crippen LogP contribution in [0.15, 0.2) is 24.3 Å². The topological polar surface area (TPSA) is 98.7 Å². The summed E-state index contributed by atoms with van der Waals surface area (Å²) in [5.74, 6) is -1.76. The van der Waals surface area contributed by atoms with Gasteiger partial charge in [0.1, 0.15) is 6.04 Å². The van der Waals surface area contributed by atoms with Crippen LogP contribution in [0.3, 0.4) is 0 Å². The molecule has 1 aromatic carbocycles. The van der Waals surface area contributed by atoms with Crippen molar-refractivity contribution in [3.63, 3.8) is 0 Å². The highest BCUT2D eigenvalue weighted by atomic mass is 35.5. The number of benzene rings is 1. The van der Waals surface area contributed by atoms with E-state index in [4.69, 9.17) is 11.6 Å². The van der Waals surface area contributed by atoms with Crippen molar-refractivity contribution >= 4 is 46.8 Å². The van der Waals surface area contributed by atoms with Crippen molar-refractivity contribution in [1.29, 1.82) is 0 Å². The lowest BCUT2D eigenvalue weighted by molar-refractivity contribution is -0.143. The fraction of sp³-hybridized carbons (Fsp3) is 0.625. The number of aliphatic hydroxyl groups is 1. The molecule has 4 rings (SSSR count). The Morgan fingerprint density at radius 3 is 2.52 bits per heavy atom. The van der Waals surface area contributed by atoms with Gasteiger partial charge in [-0.15, -0.1) is 11.8 Å². The molecule has 3 aliphatic heterocycles. The fourth-order valence-corrected chi connectivity index (χ4v) is 8.60. The molecule has 3 fully saturated rings. The molecule has 0 aliphatic carbocycles. The summed E-state index contributed by atoms with van der Waals surface area (Å²) in [6.45, 7) is 5.79. The monoisotopic (exact) mass is 493 g/mol. The molecule has 3 N–H and O–H groups in total. The molecule has 0 radical (unpaired) electrons. The number of fused-ring (bicyclic) bond motifs is 1. The first-order valence-corrected chi connectivity index (χ1v) is 12.7. The average Bonchev–Trinajstić information content (AvgIpc) is 3.36. The smallest absolute Gasteiger partial charge is 0.248 e. The maximum atomic E-state index is 14.0. The zero-order chi connectivity index (χ0) is 24.1. The number of carbonyl (C=O) groups excluding carboxylic acids is 3. The number of hydrogen-bond acceptors (Lipinski definition) is 5. The molecule has 1 aromatic rings. The van der Waals surface area contributed by atoms with Gasteiger partial charge in [0.2, 0.25) is 17.7 Å². The number of amides is 3.